The van der Waals surface area contributed by atoms with Gasteiger partial charge in [-0.15, -0.1) is 0 Å². The van der Waals surface area contributed by atoms with Crippen molar-refractivity contribution < 1.29 is 14.3 Å². The highest BCUT2D eigenvalue weighted by Gasteiger charge is 2.28. The van der Waals surface area contributed by atoms with Gasteiger partial charge in [0.2, 0.25) is 5.91 Å². The van der Waals surface area contributed by atoms with Crippen LogP contribution in [0.5, 0.6) is 0 Å². The van der Waals surface area contributed by atoms with E-state index in [0.29, 0.717) is 25.3 Å². The molecular formula is C21H25N3O3. The van der Waals surface area contributed by atoms with Gasteiger partial charge in [0.05, 0.1) is 0 Å². The van der Waals surface area contributed by atoms with E-state index in [1.54, 1.807) is 0 Å². The van der Waals surface area contributed by atoms with Crippen molar-refractivity contribution in [2.75, 3.05) is 19.7 Å². The van der Waals surface area contributed by atoms with Crippen LogP contribution < -0.4 is 5.32 Å². The van der Waals surface area contributed by atoms with Crippen LogP contribution in [0.4, 0.5) is 0 Å². The average Bonchev–Trinajstić information content (AvgIpc) is 3.42. The maximum Gasteiger partial charge on any atom is 0.253 e. The summed E-state index contributed by atoms with van der Waals surface area (Å²) >= 11 is 0. The van der Waals surface area contributed by atoms with Crippen LogP contribution in [-0.2, 0) is 9.53 Å². The van der Waals surface area contributed by atoms with E-state index in [9.17, 15) is 9.59 Å². The Balaban J connectivity index is 1.30. The van der Waals surface area contributed by atoms with Gasteiger partial charge in [-0.2, -0.15) is 0 Å². The Kier molecular flexibility index (Phi) is 5.25. The molecule has 2 saturated heterocycles. The van der Waals surface area contributed by atoms with Crippen molar-refractivity contribution >= 4 is 11.8 Å². The van der Waals surface area contributed by atoms with Crippen molar-refractivity contribution in [1.82, 2.24) is 14.8 Å². The monoisotopic (exact) mass is 367 g/mol. The summed E-state index contributed by atoms with van der Waals surface area (Å²) in [4.78, 5) is 26.8. The topological polar surface area (TPSA) is 63.6 Å². The van der Waals surface area contributed by atoms with Crippen LogP contribution in [0, 0.1) is 0 Å². The molecule has 4 rings (SSSR count). The average molecular weight is 367 g/mol. The van der Waals surface area contributed by atoms with Gasteiger partial charge in [0.15, 0.2) is 0 Å². The van der Waals surface area contributed by atoms with Gasteiger partial charge in [-0.1, -0.05) is 0 Å². The number of aromatic nitrogens is 1. The SMILES string of the molecule is O=C(NC1CCN(C(=O)c2ccc(-n3cccc3)cc2)CC1)C1CCCO1. The highest BCUT2D eigenvalue weighted by molar-refractivity contribution is 5.94. The van der Waals surface area contributed by atoms with E-state index in [2.05, 4.69) is 5.32 Å². The van der Waals surface area contributed by atoms with Crippen molar-refractivity contribution in [1.29, 1.82) is 0 Å². The molecule has 1 atom stereocenters. The van der Waals surface area contributed by atoms with Crippen molar-refractivity contribution in [3.8, 4) is 5.69 Å². The zero-order valence-electron chi connectivity index (χ0n) is 15.3. The fourth-order valence-electron chi connectivity index (χ4n) is 3.77. The summed E-state index contributed by atoms with van der Waals surface area (Å²) < 4.78 is 7.44. The number of hydrogen-bond acceptors (Lipinski definition) is 3. The highest BCUT2D eigenvalue weighted by atomic mass is 16.5. The Morgan fingerprint density at radius 3 is 2.33 bits per heavy atom. The molecule has 1 aromatic carbocycles. The predicted molar refractivity (Wildman–Crippen MR) is 102 cm³/mol. The van der Waals surface area contributed by atoms with E-state index in [0.717, 1.165) is 31.4 Å². The molecule has 0 saturated carbocycles. The lowest BCUT2D eigenvalue weighted by Gasteiger charge is -2.33. The first-order chi connectivity index (χ1) is 13.2. The van der Waals surface area contributed by atoms with Crippen LogP contribution >= 0.6 is 0 Å². The van der Waals surface area contributed by atoms with Crippen molar-refractivity contribution in [2.45, 2.75) is 37.8 Å². The number of hydrogen-bond donors (Lipinski definition) is 1. The summed E-state index contributed by atoms with van der Waals surface area (Å²) in [5, 5.41) is 3.08. The summed E-state index contributed by atoms with van der Waals surface area (Å²) in [6, 6.07) is 11.7. The molecule has 6 heteroatoms. The van der Waals surface area contributed by atoms with Crippen LogP contribution in [0.1, 0.15) is 36.0 Å². The zero-order chi connectivity index (χ0) is 18.6. The summed E-state index contributed by atoms with van der Waals surface area (Å²) in [6.45, 7) is 2.00. The van der Waals surface area contributed by atoms with Crippen LogP contribution in [-0.4, -0.2) is 53.1 Å². The lowest BCUT2D eigenvalue weighted by atomic mass is 10.0. The van der Waals surface area contributed by atoms with E-state index in [-0.39, 0.29) is 24.0 Å². The first-order valence-corrected chi connectivity index (χ1v) is 9.65. The quantitative estimate of drug-likeness (QED) is 0.902. The van der Waals surface area contributed by atoms with Gasteiger partial charge in [0.1, 0.15) is 6.10 Å². The largest absolute Gasteiger partial charge is 0.368 e. The molecule has 0 spiro atoms. The Labute approximate surface area is 159 Å². The smallest absolute Gasteiger partial charge is 0.253 e. The number of ether oxygens (including phenoxy) is 1. The van der Waals surface area contributed by atoms with Gasteiger partial charge in [0, 0.05) is 49.4 Å². The molecule has 2 aliphatic heterocycles. The molecule has 1 N–H and O–H groups in total. The van der Waals surface area contributed by atoms with Crippen LogP contribution in [0.15, 0.2) is 48.8 Å². The molecule has 3 heterocycles. The van der Waals surface area contributed by atoms with Crippen molar-refractivity contribution in [3.63, 3.8) is 0 Å². The molecule has 0 aliphatic carbocycles. The fourth-order valence-corrected chi connectivity index (χ4v) is 3.77. The molecule has 27 heavy (non-hydrogen) atoms. The predicted octanol–water partition coefficient (Wildman–Crippen LogP) is 2.38. The summed E-state index contributed by atoms with van der Waals surface area (Å²) in [5.41, 5.74) is 1.74. The van der Waals surface area contributed by atoms with Gasteiger partial charge in [0.25, 0.3) is 5.91 Å². The molecule has 1 unspecified atom stereocenters. The summed E-state index contributed by atoms with van der Waals surface area (Å²) in [5.74, 6) is 0.0517. The van der Waals surface area contributed by atoms with Crippen LogP contribution in [0.25, 0.3) is 5.69 Å². The minimum absolute atomic E-state index is 0.00197. The molecular weight excluding hydrogens is 342 g/mol. The van der Waals surface area contributed by atoms with E-state index >= 15 is 0 Å². The Morgan fingerprint density at radius 2 is 1.70 bits per heavy atom. The maximum absolute atomic E-state index is 12.7. The van der Waals surface area contributed by atoms with E-state index in [1.165, 1.54) is 0 Å². The van der Waals surface area contributed by atoms with E-state index < -0.39 is 0 Å². The third-order valence-electron chi connectivity index (χ3n) is 5.37. The standard InChI is InChI=1S/C21H25N3O3/c25-20(19-4-3-15-27-19)22-17-9-13-24(14-10-17)21(26)16-5-7-18(8-6-16)23-11-1-2-12-23/h1-2,5-8,11-12,17,19H,3-4,9-10,13-15H2,(H,22,25). The minimum Gasteiger partial charge on any atom is -0.368 e. The first-order valence-electron chi connectivity index (χ1n) is 9.65. The van der Waals surface area contributed by atoms with Gasteiger partial charge in [-0.05, 0) is 62.1 Å². The Bertz CT molecular complexity index is 772. The molecule has 0 radical (unpaired) electrons. The van der Waals surface area contributed by atoms with Crippen molar-refractivity contribution in [2.24, 2.45) is 0 Å². The number of carbonyl (C=O) groups excluding carboxylic acids is 2. The zero-order valence-corrected chi connectivity index (χ0v) is 15.3. The second kappa shape index (κ2) is 7.96. The van der Waals surface area contributed by atoms with E-state index in [1.807, 2.05) is 58.3 Å². The molecule has 2 fully saturated rings. The van der Waals surface area contributed by atoms with Gasteiger partial charge in [-0.25, -0.2) is 0 Å². The normalized spacial score (nSPS) is 20.6. The Hall–Kier alpha value is -2.60. The number of nitrogens with zero attached hydrogens (tertiary/aromatic N) is 2. The highest BCUT2D eigenvalue weighted by Crippen LogP contribution is 2.17. The second-order valence-corrected chi connectivity index (χ2v) is 7.21. The third kappa shape index (κ3) is 4.06. The number of amides is 2. The fraction of sp³-hybridized carbons (Fsp3) is 0.429. The maximum atomic E-state index is 12.7. The first kappa shape index (κ1) is 17.8. The van der Waals surface area contributed by atoms with Crippen LogP contribution in [0.3, 0.4) is 0 Å². The lowest BCUT2D eigenvalue weighted by Crippen LogP contribution is -2.48. The minimum atomic E-state index is -0.288. The third-order valence-corrected chi connectivity index (χ3v) is 5.37. The molecule has 2 aromatic rings. The molecule has 2 amide bonds. The lowest BCUT2D eigenvalue weighted by molar-refractivity contribution is -0.131. The number of benzene rings is 1. The van der Waals surface area contributed by atoms with Crippen molar-refractivity contribution in [3.05, 3.63) is 54.4 Å². The molecule has 142 valence electrons. The number of nitrogens with one attached hydrogen (secondary N) is 1. The number of rotatable bonds is 4. The molecule has 1 aromatic heterocycles. The summed E-state index contributed by atoms with van der Waals surface area (Å²) in [7, 11) is 0. The number of carbonyl (C=O) groups is 2. The van der Waals surface area contributed by atoms with Gasteiger partial charge >= 0.3 is 0 Å². The molecule has 0 bridgehead atoms. The van der Waals surface area contributed by atoms with Gasteiger partial charge < -0.3 is 19.5 Å². The molecule has 6 nitrogen and oxygen atoms in total. The Morgan fingerprint density at radius 1 is 1.00 bits per heavy atom. The number of likely N-dealkylation sites (tertiary alicyclic amines) is 1. The van der Waals surface area contributed by atoms with Gasteiger partial charge in [-0.3, -0.25) is 9.59 Å². The molecule has 2 aliphatic rings. The second-order valence-electron chi connectivity index (χ2n) is 7.21. The van der Waals surface area contributed by atoms with E-state index in [4.69, 9.17) is 4.74 Å². The van der Waals surface area contributed by atoms with Crippen LogP contribution in [0.2, 0.25) is 0 Å². The number of piperidine rings is 1. The summed E-state index contributed by atoms with van der Waals surface area (Å²) in [6.07, 6.45) is 7.00.